The molecule has 0 aromatic rings. The van der Waals surface area contributed by atoms with Gasteiger partial charge in [0.25, 0.3) is 0 Å². The first-order valence-corrected chi connectivity index (χ1v) is 10.2. The number of allylic oxidation sites excluding steroid dienone is 1. The molecule has 1 rings (SSSR count). The Labute approximate surface area is 168 Å². The van der Waals surface area contributed by atoms with Gasteiger partial charge in [0.1, 0.15) is 0 Å². The third kappa shape index (κ3) is 8.07. The second-order valence-electron chi connectivity index (χ2n) is 6.92. The van der Waals surface area contributed by atoms with Gasteiger partial charge in [0.2, 0.25) is 5.91 Å². The van der Waals surface area contributed by atoms with Crippen molar-refractivity contribution in [2.24, 2.45) is 0 Å². The maximum atomic E-state index is 12.4. The maximum absolute atomic E-state index is 12.4. The van der Waals surface area contributed by atoms with Gasteiger partial charge >= 0.3 is 5.97 Å². The average Bonchev–Trinajstić information content (AvgIpc) is 2.59. The third-order valence-corrected chi connectivity index (χ3v) is 4.66. The molecule has 1 fully saturated rings. The molecule has 0 bridgehead atoms. The van der Waals surface area contributed by atoms with E-state index in [2.05, 4.69) is 22.8 Å². The quantitative estimate of drug-likeness (QED) is 0.270. The molecule has 1 aliphatic heterocycles. The number of methoxy groups -OCH3 is 1. The van der Waals surface area contributed by atoms with Gasteiger partial charge in [-0.25, -0.2) is 4.79 Å². The molecular formula is C20H34N2O4S. The number of esters is 1. The third-order valence-electron chi connectivity index (χ3n) is 4.33. The molecule has 1 heterocycles. The molecule has 0 spiro atoms. The van der Waals surface area contributed by atoms with Crippen LogP contribution in [-0.2, 0) is 19.1 Å². The van der Waals surface area contributed by atoms with Crippen LogP contribution in [0.3, 0.4) is 0 Å². The van der Waals surface area contributed by atoms with Crippen molar-refractivity contribution >= 4 is 24.5 Å². The van der Waals surface area contributed by atoms with Crippen LogP contribution in [0.5, 0.6) is 0 Å². The summed E-state index contributed by atoms with van der Waals surface area (Å²) in [5.74, 6) is -0.648. The fraction of sp³-hybridized carbons (Fsp3) is 0.700. The predicted octanol–water partition coefficient (Wildman–Crippen LogP) is 3.05. The van der Waals surface area contributed by atoms with Crippen LogP contribution in [0, 0.1) is 0 Å². The summed E-state index contributed by atoms with van der Waals surface area (Å²) in [7, 11) is 1.33. The molecule has 1 N–H and O–H groups in total. The zero-order valence-corrected chi connectivity index (χ0v) is 18.1. The Morgan fingerprint density at radius 3 is 2.37 bits per heavy atom. The number of hydrogen-bond donors (Lipinski definition) is 2. The van der Waals surface area contributed by atoms with Gasteiger partial charge in [-0.1, -0.05) is 26.3 Å². The summed E-state index contributed by atoms with van der Waals surface area (Å²) in [6.07, 6.45) is 5.04. The van der Waals surface area contributed by atoms with Gasteiger partial charge in [0, 0.05) is 26.1 Å². The molecule has 1 amide bonds. The van der Waals surface area contributed by atoms with Crippen LogP contribution in [-0.4, -0.2) is 55.7 Å². The van der Waals surface area contributed by atoms with Crippen molar-refractivity contribution in [3.05, 3.63) is 22.3 Å². The Bertz CT molecular complexity index is 564. The van der Waals surface area contributed by atoms with E-state index >= 15 is 0 Å². The van der Waals surface area contributed by atoms with Crippen molar-refractivity contribution in [1.29, 1.82) is 0 Å². The largest absolute Gasteiger partial charge is 0.465 e. The lowest BCUT2D eigenvalue weighted by Crippen LogP contribution is -2.46. The van der Waals surface area contributed by atoms with Crippen molar-refractivity contribution in [2.45, 2.75) is 65.6 Å². The maximum Gasteiger partial charge on any atom is 0.340 e. The molecule has 27 heavy (non-hydrogen) atoms. The fourth-order valence-corrected chi connectivity index (χ4v) is 3.67. The number of thiol groups is 1. The van der Waals surface area contributed by atoms with Gasteiger partial charge in [-0.15, -0.1) is 12.6 Å². The second-order valence-corrected chi connectivity index (χ2v) is 7.37. The smallest absolute Gasteiger partial charge is 0.340 e. The molecule has 0 radical (unpaired) electrons. The van der Waals surface area contributed by atoms with E-state index < -0.39 is 5.97 Å². The van der Waals surface area contributed by atoms with E-state index in [1.54, 1.807) is 0 Å². The van der Waals surface area contributed by atoms with E-state index in [0.29, 0.717) is 18.5 Å². The summed E-state index contributed by atoms with van der Waals surface area (Å²) in [5, 5.41) is 3.01. The predicted molar refractivity (Wildman–Crippen MR) is 111 cm³/mol. The van der Waals surface area contributed by atoms with E-state index in [4.69, 9.17) is 9.47 Å². The topological polar surface area (TPSA) is 67.9 Å². The van der Waals surface area contributed by atoms with E-state index in [0.717, 1.165) is 37.9 Å². The zero-order valence-electron chi connectivity index (χ0n) is 17.2. The summed E-state index contributed by atoms with van der Waals surface area (Å²) in [5.41, 5.74) is 1.19. The summed E-state index contributed by atoms with van der Waals surface area (Å²) in [6.45, 7) is 10.4. The van der Waals surface area contributed by atoms with E-state index in [1.807, 2.05) is 33.8 Å². The van der Waals surface area contributed by atoms with E-state index in [-0.39, 0.29) is 23.1 Å². The van der Waals surface area contributed by atoms with Gasteiger partial charge in [0.05, 0.1) is 29.9 Å². The first-order chi connectivity index (χ1) is 12.8. The first kappa shape index (κ1) is 23.7. The zero-order chi connectivity index (χ0) is 20.4. The Morgan fingerprint density at radius 1 is 1.22 bits per heavy atom. The number of amides is 1. The van der Waals surface area contributed by atoms with Crippen LogP contribution in [0.1, 0.15) is 53.4 Å². The molecular weight excluding hydrogens is 364 g/mol. The lowest BCUT2D eigenvalue weighted by molar-refractivity contribution is -0.135. The minimum atomic E-state index is -0.482. The highest BCUT2D eigenvalue weighted by Crippen LogP contribution is 2.23. The monoisotopic (exact) mass is 398 g/mol. The number of nitrogens with one attached hydrogen (secondary N) is 1. The van der Waals surface area contributed by atoms with Crippen molar-refractivity contribution in [2.75, 3.05) is 26.7 Å². The van der Waals surface area contributed by atoms with Crippen LogP contribution < -0.4 is 5.32 Å². The lowest BCUT2D eigenvalue weighted by Gasteiger charge is -2.35. The average molecular weight is 399 g/mol. The Hall–Kier alpha value is -1.31. The van der Waals surface area contributed by atoms with E-state index in [9.17, 15) is 9.59 Å². The number of ether oxygens (including phenoxy) is 2. The lowest BCUT2D eigenvalue weighted by atomic mass is 10.0. The van der Waals surface area contributed by atoms with Crippen LogP contribution >= 0.6 is 12.6 Å². The first-order valence-electron chi connectivity index (χ1n) is 9.70. The van der Waals surface area contributed by atoms with Gasteiger partial charge < -0.3 is 14.8 Å². The molecule has 0 aromatic heterocycles. The van der Waals surface area contributed by atoms with Crippen molar-refractivity contribution in [3.8, 4) is 0 Å². The van der Waals surface area contributed by atoms with Gasteiger partial charge in [-0.3, -0.25) is 9.69 Å². The summed E-state index contributed by atoms with van der Waals surface area (Å²) < 4.78 is 10.6. The van der Waals surface area contributed by atoms with Crippen LogP contribution in [0.25, 0.3) is 0 Å². The number of morpholine rings is 1. The Balaban J connectivity index is 2.79. The number of hydrogen-bond acceptors (Lipinski definition) is 6. The highest BCUT2D eigenvalue weighted by Gasteiger charge is 2.23. The minimum absolute atomic E-state index is 0.166. The van der Waals surface area contributed by atoms with E-state index in [1.165, 1.54) is 7.11 Å². The van der Waals surface area contributed by atoms with Gasteiger partial charge in [-0.2, -0.15) is 0 Å². The Kier molecular flexibility index (Phi) is 10.7. The normalized spacial score (nSPS) is 22.2. The fourth-order valence-electron chi connectivity index (χ4n) is 3.31. The molecule has 1 aliphatic rings. The molecule has 7 heteroatoms. The number of carbonyl (C=O) groups excluding carboxylic acids is 2. The number of carbonyl (C=O) groups is 2. The van der Waals surface area contributed by atoms with Gasteiger partial charge in [0.15, 0.2) is 0 Å². The molecule has 6 nitrogen and oxygen atoms in total. The van der Waals surface area contributed by atoms with Crippen molar-refractivity contribution in [1.82, 2.24) is 10.2 Å². The van der Waals surface area contributed by atoms with Crippen LogP contribution in [0.4, 0.5) is 0 Å². The summed E-state index contributed by atoms with van der Waals surface area (Å²) in [6, 6.07) is 0. The summed E-state index contributed by atoms with van der Waals surface area (Å²) >= 11 is 4.40. The number of rotatable bonds is 9. The highest BCUT2D eigenvalue weighted by atomic mass is 32.1. The molecule has 0 aliphatic carbocycles. The molecule has 2 unspecified atom stereocenters. The van der Waals surface area contributed by atoms with Crippen LogP contribution in [0.2, 0.25) is 0 Å². The Morgan fingerprint density at radius 2 is 1.85 bits per heavy atom. The molecule has 1 saturated heterocycles. The molecule has 0 aromatic carbocycles. The molecule has 154 valence electrons. The molecule has 2 atom stereocenters. The molecule has 0 saturated carbocycles. The van der Waals surface area contributed by atoms with Crippen molar-refractivity contribution in [3.63, 3.8) is 0 Å². The number of nitrogens with zero attached hydrogens (tertiary/aromatic N) is 1. The minimum Gasteiger partial charge on any atom is -0.465 e. The SMILES string of the molecule is CC/C=C(CCC)/C(C(=O)OC)=C(\S)NC(=O)CCN1CC(C)OC(C)C1. The van der Waals surface area contributed by atoms with Crippen molar-refractivity contribution < 1.29 is 19.1 Å². The second kappa shape index (κ2) is 12.2. The van der Waals surface area contributed by atoms with Gasteiger partial charge in [-0.05, 0) is 32.3 Å². The summed E-state index contributed by atoms with van der Waals surface area (Å²) in [4.78, 5) is 26.9. The van der Waals surface area contributed by atoms with Crippen LogP contribution in [0.15, 0.2) is 22.3 Å². The standard InChI is InChI=1S/C20H34N2O4S/c1-6-8-16(9-7-2)18(20(24)25-5)19(27)21-17(23)10-11-22-12-14(3)26-15(4)13-22/h8,14-15,27H,6-7,9-13H2,1-5H3,(H,21,23)/b16-8+,19-18+. The highest BCUT2D eigenvalue weighted by molar-refractivity contribution is 7.84.